The van der Waals surface area contributed by atoms with E-state index in [1.807, 2.05) is 30.3 Å². The second kappa shape index (κ2) is 4.94. The Morgan fingerprint density at radius 3 is 3.00 bits per heavy atom. The van der Waals surface area contributed by atoms with E-state index < -0.39 is 5.97 Å². The third-order valence-electron chi connectivity index (χ3n) is 3.49. The van der Waals surface area contributed by atoms with Crippen molar-refractivity contribution in [3.8, 4) is 0 Å². The number of pyridine rings is 1. The molecule has 1 aromatic carbocycles. The molecule has 0 saturated heterocycles. The van der Waals surface area contributed by atoms with Gasteiger partial charge in [-0.25, -0.2) is 4.98 Å². The molecular formula is C15H15N3O2. The highest BCUT2D eigenvalue weighted by atomic mass is 16.4. The number of fused-ring (bicyclic) bond motifs is 3. The summed E-state index contributed by atoms with van der Waals surface area (Å²) >= 11 is 0. The summed E-state index contributed by atoms with van der Waals surface area (Å²) in [7, 11) is 0. The van der Waals surface area contributed by atoms with Crippen LogP contribution in [0.25, 0.3) is 21.9 Å². The van der Waals surface area contributed by atoms with Gasteiger partial charge in [0.25, 0.3) is 0 Å². The number of nitrogens with one attached hydrogen (secondary N) is 1. The Balaban J connectivity index is 2.01. The average molecular weight is 269 g/mol. The van der Waals surface area contributed by atoms with Crippen LogP contribution in [0.4, 0.5) is 0 Å². The van der Waals surface area contributed by atoms with E-state index in [0.29, 0.717) is 6.42 Å². The van der Waals surface area contributed by atoms with Crippen molar-refractivity contribution in [1.29, 1.82) is 0 Å². The minimum Gasteiger partial charge on any atom is -0.481 e. The van der Waals surface area contributed by atoms with E-state index in [1.54, 1.807) is 6.20 Å². The summed E-state index contributed by atoms with van der Waals surface area (Å²) in [6, 6.07) is 9.55. The van der Waals surface area contributed by atoms with Crippen LogP contribution in [0.2, 0.25) is 0 Å². The second-order valence-electron chi connectivity index (χ2n) is 4.87. The van der Waals surface area contributed by atoms with Crippen LogP contribution in [0.1, 0.15) is 24.4 Å². The maximum atomic E-state index is 10.6. The lowest BCUT2D eigenvalue weighted by Crippen LogP contribution is -2.12. The van der Waals surface area contributed by atoms with Gasteiger partial charge in [0.1, 0.15) is 5.65 Å². The fraction of sp³-hybridized carbons (Fsp3) is 0.200. The van der Waals surface area contributed by atoms with Crippen LogP contribution in [0.3, 0.4) is 0 Å². The first-order chi connectivity index (χ1) is 9.65. The molecule has 5 nitrogen and oxygen atoms in total. The van der Waals surface area contributed by atoms with Gasteiger partial charge in [0.2, 0.25) is 0 Å². The summed E-state index contributed by atoms with van der Waals surface area (Å²) in [4.78, 5) is 18.1. The van der Waals surface area contributed by atoms with Gasteiger partial charge in [-0.05, 0) is 36.2 Å². The van der Waals surface area contributed by atoms with E-state index in [-0.39, 0.29) is 12.5 Å². The molecule has 4 N–H and O–H groups in total. The first-order valence-electron chi connectivity index (χ1n) is 6.49. The Kier molecular flexibility index (Phi) is 3.12. The molecule has 3 aromatic rings. The van der Waals surface area contributed by atoms with Gasteiger partial charge in [-0.2, -0.15) is 0 Å². The zero-order valence-electron chi connectivity index (χ0n) is 10.8. The van der Waals surface area contributed by atoms with Gasteiger partial charge in [0, 0.05) is 34.9 Å². The average Bonchev–Trinajstić information content (AvgIpc) is 2.82. The molecule has 0 spiro atoms. The number of carbonyl (C=O) groups is 1. The lowest BCUT2D eigenvalue weighted by Gasteiger charge is -2.10. The number of benzene rings is 1. The number of rotatable bonds is 4. The molecule has 0 radical (unpaired) electrons. The van der Waals surface area contributed by atoms with Gasteiger partial charge >= 0.3 is 5.97 Å². The monoisotopic (exact) mass is 269 g/mol. The SMILES string of the molecule is NC(CCC(=O)O)c1ccc2[nH]c3ncccc3c2c1. The number of hydrogen-bond acceptors (Lipinski definition) is 3. The molecule has 2 heterocycles. The number of carboxylic acids is 1. The Bertz CT molecular complexity index is 779. The van der Waals surface area contributed by atoms with Crippen LogP contribution >= 0.6 is 0 Å². The molecule has 102 valence electrons. The molecule has 0 aliphatic rings. The summed E-state index contributed by atoms with van der Waals surface area (Å²) in [5.74, 6) is -0.821. The lowest BCUT2D eigenvalue weighted by atomic mass is 10.0. The van der Waals surface area contributed by atoms with Crippen LogP contribution in [0.5, 0.6) is 0 Å². The van der Waals surface area contributed by atoms with Crippen molar-refractivity contribution in [3.63, 3.8) is 0 Å². The molecule has 5 heteroatoms. The van der Waals surface area contributed by atoms with Crippen molar-refractivity contribution in [3.05, 3.63) is 42.1 Å². The highest BCUT2D eigenvalue weighted by Gasteiger charge is 2.11. The van der Waals surface area contributed by atoms with E-state index in [0.717, 1.165) is 27.5 Å². The number of hydrogen-bond donors (Lipinski definition) is 3. The number of aromatic nitrogens is 2. The molecule has 0 amide bonds. The summed E-state index contributed by atoms with van der Waals surface area (Å²) in [5, 5.41) is 10.8. The predicted octanol–water partition coefficient (Wildman–Crippen LogP) is 2.58. The molecule has 3 rings (SSSR count). The highest BCUT2D eigenvalue weighted by Crippen LogP contribution is 2.27. The molecule has 20 heavy (non-hydrogen) atoms. The van der Waals surface area contributed by atoms with Crippen molar-refractivity contribution in [2.24, 2.45) is 5.73 Å². The third kappa shape index (κ3) is 2.23. The van der Waals surface area contributed by atoms with Crippen LogP contribution in [0.15, 0.2) is 36.5 Å². The zero-order chi connectivity index (χ0) is 14.1. The van der Waals surface area contributed by atoms with Crippen molar-refractivity contribution in [1.82, 2.24) is 9.97 Å². The molecule has 0 aliphatic heterocycles. The smallest absolute Gasteiger partial charge is 0.303 e. The quantitative estimate of drug-likeness (QED) is 0.678. The maximum absolute atomic E-state index is 10.6. The molecular weight excluding hydrogens is 254 g/mol. The fourth-order valence-corrected chi connectivity index (χ4v) is 2.42. The maximum Gasteiger partial charge on any atom is 0.303 e. The molecule has 1 atom stereocenters. The van der Waals surface area contributed by atoms with Gasteiger partial charge in [0.15, 0.2) is 0 Å². The standard InChI is InChI=1S/C15H15N3O2/c16-12(4-6-14(19)20)9-3-5-13-11(8-9)10-2-1-7-17-15(10)18-13/h1-3,5,7-8,12H,4,6,16H2,(H,17,18)(H,19,20). The van der Waals surface area contributed by atoms with Crippen molar-refractivity contribution in [2.75, 3.05) is 0 Å². The van der Waals surface area contributed by atoms with E-state index in [2.05, 4.69) is 9.97 Å². The highest BCUT2D eigenvalue weighted by molar-refractivity contribution is 6.05. The van der Waals surface area contributed by atoms with Gasteiger partial charge in [0.05, 0.1) is 0 Å². The topological polar surface area (TPSA) is 92.0 Å². The number of nitrogens with two attached hydrogens (primary N) is 1. The summed E-state index contributed by atoms with van der Waals surface area (Å²) < 4.78 is 0. The fourth-order valence-electron chi connectivity index (χ4n) is 2.42. The minimum absolute atomic E-state index is 0.0780. The summed E-state index contributed by atoms with van der Waals surface area (Å²) in [5.41, 5.74) is 8.86. The van der Waals surface area contributed by atoms with Crippen LogP contribution in [-0.4, -0.2) is 21.0 Å². The van der Waals surface area contributed by atoms with Crippen molar-refractivity contribution < 1.29 is 9.90 Å². The van der Waals surface area contributed by atoms with Crippen molar-refractivity contribution >= 4 is 27.9 Å². The number of nitrogens with zero attached hydrogens (tertiary/aromatic N) is 1. The molecule has 0 bridgehead atoms. The lowest BCUT2D eigenvalue weighted by molar-refractivity contribution is -0.137. The van der Waals surface area contributed by atoms with E-state index in [1.165, 1.54) is 0 Å². The van der Waals surface area contributed by atoms with Crippen molar-refractivity contribution in [2.45, 2.75) is 18.9 Å². The van der Waals surface area contributed by atoms with Crippen LogP contribution < -0.4 is 5.73 Å². The van der Waals surface area contributed by atoms with E-state index >= 15 is 0 Å². The predicted molar refractivity (Wildman–Crippen MR) is 77.4 cm³/mol. The normalized spacial score (nSPS) is 12.8. The number of carboxylic acid groups (broad SMARTS) is 1. The number of aromatic amines is 1. The molecule has 0 fully saturated rings. The van der Waals surface area contributed by atoms with E-state index in [4.69, 9.17) is 10.8 Å². The molecule has 0 saturated carbocycles. The summed E-state index contributed by atoms with van der Waals surface area (Å²) in [6.07, 6.45) is 2.26. The van der Waals surface area contributed by atoms with Gasteiger partial charge < -0.3 is 15.8 Å². The number of aliphatic carboxylic acids is 1. The van der Waals surface area contributed by atoms with Gasteiger partial charge in [-0.3, -0.25) is 4.79 Å². The molecule has 0 aliphatic carbocycles. The van der Waals surface area contributed by atoms with Gasteiger partial charge in [-0.15, -0.1) is 0 Å². The largest absolute Gasteiger partial charge is 0.481 e. The third-order valence-corrected chi connectivity index (χ3v) is 3.49. The zero-order valence-corrected chi connectivity index (χ0v) is 10.8. The molecule has 2 aromatic heterocycles. The first-order valence-corrected chi connectivity index (χ1v) is 6.49. The van der Waals surface area contributed by atoms with Crippen LogP contribution in [0, 0.1) is 0 Å². The second-order valence-corrected chi connectivity index (χ2v) is 4.87. The Morgan fingerprint density at radius 1 is 1.35 bits per heavy atom. The minimum atomic E-state index is -0.821. The number of H-pyrrole nitrogens is 1. The Morgan fingerprint density at radius 2 is 2.20 bits per heavy atom. The van der Waals surface area contributed by atoms with Crippen LogP contribution in [-0.2, 0) is 4.79 Å². The summed E-state index contributed by atoms with van der Waals surface area (Å²) in [6.45, 7) is 0. The van der Waals surface area contributed by atoms with Gasteiger partial charge in [-0.1, -0.05) is 6.07 Å². The Hall–Kier alpha value is -2.40. The first kappa shape index (κ1) is 12.6. The van der Waals surface area contributed by atoms with E-state index in [9.17, 15) is 4.79 Å². The Labute approximate surface area is 115 Å². The molecule has 1 unspecified atom stereocenters.